The molecule has 0 saturated carbocycles. The summed E-state index contributed by atoms with van der Waals surface area (Å²) in [6.45, 7) is 0.834. The Labute approximate surface area is 151 Å². The summed E-state index contributed by atoms with van der Waals surface area (Å²) < 4.78 is 2.99. The largest absolute Gasteiger partial charge is 0.481 e. The molecule has 1 N–H and O–H groups in total. The Morgan fingerprint density at radius 1 is 1.26 bits per heavy atom. The summed E-state index contributed by atoms with van der Waals surface area (Å²) >= 11 is 6.56. The summed E-state index contributed by atoms with van der Waals surface area (Å²) in [7, 11) is 0. The lowest BCUT2D eigenvalue weighted by Gasteiger charge is -2.17. The molecule has 7 heteroatoms. The number of carboxylic acids is 1. The minimum absolute atomic E-state index is 0.0652. The highest BCUT2D eigenvalue weighted by atomic mass is 127. The first kappa shape index (κ1) is 15.7. The van der Waals surface area contributed by atoms with E-state index in [9.17, 15) is 9.59 Å². The molecule has 1 fully saturated rings. The number of rotatable bonds is 2. The SMILES string of the molecule is O=C(O)C1CCN(C(=O)c2cc(I)cc(I)c2I)C1. The van der Waals surface area contributed by atoms with Gasteiger partial charge >= 0.3 is 5.97 Å². The van der Waals surface area contributed by atoms with Gasteiger partial charge in [0.25, 0.3) is 5.91 Å². The van der Waals surface area contributed by atoms with Crippen LogP contribution in [0, 0.1) is 16.6 Å². The van der Waals surface area contributed by atoms with Crippen LogP contribution >= 0.6 is 67.8 Å². The van der Waals surface area contributed by atoms with E-state index in [4.69, 9.17) is 5.11 Å². The van der Waals surface area contributed by atoms with Gasteiger partial charge in [0.2, 0.25) is 0 Å². The van der Waals surface area contributed by atoms with Gasteiger partial charge in [-0.1, -0.05) is 0 Å². The van der Waals surface area contributed by atoms with E-state index in [0.29, 0.717) is 25.1 Å². The van der Waals surface area contributed by atoms with Gasteiger partial charge in [-0.25, -0.2) is 0 Å². The van der Waals surface area contributed by atoms with Crippen molar-refractivity contribution in [1.82, 2.24) is 4.90 Å². The fraction of sp³-hybridized carbons (Fsp3) is 0.333. The fourth-order valence-electron chi connectivity index (χ4n) is 2.03. The predicted octanol–water partition coefficient (Wildman–Crippen LogP) is 3.05. The minimum atomic E-state index is -0.817. The molecule has 19 heavy (non-hydrogen) atoms. The normalized spacial score (nSPS) is 18.7. The molecule has 1 atom stereocenters. The third kappa shape index (κ3) is 3.52. The number of halogens is 3. The van der Waals surface area contributed by atoms with Crippen molar-refractivity contribution in [3.8, 4) is 0 Å². The van der Waals surface area contributed by atoms with Crippen molar-refractivity contribution in [2.45, 2.75) is 6.42 Å². The molecule has 1 aliphatic heterocycles. The van der Waals surface area contributed by atoms with Crippen molar-refractivity contribution in [2.24, 2.45) is 5.92 Å². The van der Waals surface area contributed by atoms with Crippen LogP contribution in [0.4, 0.5) is 0 Å². The predicted molar refractivity (Wildman–Crippen MR) is 96.2 cm³/mol. The maximum Gasteiger partial charge on any atom is 0.308 e. The molecular weight excluding hydrogens is 587 g/mol. The Morgan fingerprint density at radius 2 is 1.95 bits per heavy atom. The van der Waals surface area contributed by atoms with Crippen molar-refractivity contribution in [3.05, 3.63) is 28.4 Å². The highest BCUT2D eigenvalue weighted by Gasteiger charge is 2.32. The Bertz CT molecular complexity index is 547. The minimum Gasteiger partial charge on any atom is -0.481 e. The maximum atomic E-state index is 12.5. The Hall–Kier alpha value is 0.350. The summed E-state index contributed by atoms with van der Waals surface area (Å²) in [4.78, 5) is 25.0. The quantitative estimate of drug-likeness (QED) is 0.422. The molecule has 0 aromatic heterocycles. The van der Waals surface area contributed by atoms with Gasteiger partial charge in [-0.3, -0.25) is 9.59 Å². The van der Waals surface area contributed by atoms with Crippen molar-refractivity contribution in [1.29, 1.82) is 0 Å². The van der Waals surface area contributed by atoms with E-state index >= 15 is 0 Å². The second-order valence-electron chi connectivity index (χ2n) is 4.32. The van der Waals surface area contributed by atoms with Crippen molar-refractivity contribution >= 4 is 79.6 Å². The second kappa shape index (κ2) is 6.41. The van der Waals surface area contributed by atoms with Gasteiger partial charge in [-0.15, -0.1) is 0 Å². The summed E-state index contributed by atoms with van der Waals surface area (Å²) in [5.74, 6) is -1.31. The first-order valence-electron chi connectivity index (χ1n) is 5.56. The number of aliphatic carboxylic acids is 1. The van der Waals surface area contributed by atoms with Gasteiger partial charge < -0.3 is 10.0 Å². The van der Waals surface area contributed by atoms with Crippen LogP contribution < -0.4 is 0 Å². The summed E-state index contributed by atoms with van der Waals surface area (Å²) in [5, 5.41) is 8.98. The first-order chi connectivity index (χ1) is 8.90. The molecule has 0 aliphatic carbocycles. The van der Waals surface area contributed by atoms with E-state index < -0.39 is 11.9 Å². The van der Waals surface area contributed by atoms with Crippen molar-refractivity contribution < 1.29 is 14.7 Å². The van der Waals surface area contributed by atoms with Crippen LogP contribution in [0.5, 0.6) is 0 Å². The van der Waals surface area contributed by atoms with Crippen LogP contribution in [0.1, 0.15) is 16.8 Å². The molecule has 1 amide bonds. The van der Waals surface area contributed by atoms with Gasteiger partial charge in [-0.2, -0.15) is 0 Å². The van der Waals surface area contributed by atoms with Gasteiger partial charge in [0, 0.05) is 23.8 Å². The highest BCUT2D eigenvalue weighted by molar-refractivity contribution is 14.1. The summed E-state index contributed by atoms with van der Waals surface area (Å²) in [6, 6.07) is 3.88. The lowest BCUT2D eigenvalue weighted by Crippen LogP contribution is -2.30. The Balaban J connectivity index is 2.24. The molecule has 0 radical (unpaired) electrons. The van der Waals surface area contributed by atoms with Gasteiger partial charge in [0.15, 0.2) is 0 Å². The van der Waals surface area contributed by atoms with E-state index in [-0.39, 0.29) is 5.91 Å². The second-order valence-corrected chi connectivity index (χ2v) is 7.81. The van der Waals surface area contributed by atoms with E-state index in [2.05, 4.69) is 67.8 Å². The molecule has 2 rings (SSSR count). The van der Waals surface area contributed by atoms with E-state index in [0.717, 1.165) is 10.7 Å². The highest BCUT2D eigenvalue weighted by Crippen LogP contribution is 2.26. The average Bonchev–Trinajstić information content (AvgIpc) is 2.82. The zero-order valence-corrected chi connectivity index (χ0v) is 16.2. The van der Waals surface area contributed by atoms with Crippen LogP contribution in [-0.2, 0) is 4.79 Å². The molecular formula is C12H10I3NO3. The van der Waals surface area contributed by atoms with E-state index in [1.807, 2.05) is 12.1 Å². The molecule has 0 bridgehead atoms. The number of amides is 1. The Kier molecular flexibility index (Phi) is 5.31. The van der Waals surface area contributed by atoms with Crippen LogP contribution in [0.25, 0.3) is 0 Å². The van der Waals surface area contributed by atoms with Crippen LogP contribution in [0.3, 0.4) is 0 Å². The zero-order chi connectivity index (χ0) is 14.2. The summed E-state index contributed by atoms with van der Waals surface area (Å²) in [5.41, 5.74) is 0.669. The molecule has 0 spiro atoms. The van der Waals surface area contributed by atoms with Crippen LogP contribution in [-0.4, -0.2) is 35.0 Å². The number of hydrogen-bond acceptors (Lipinski definition) is 2. The molecule has 1 aromatic rings. The average molecular weight is 597 g/mol. The first-order valence-corrected chi connectivity index (χ1v) is 8.80. The topological polar surface area (TPSA) is 57.6 Å². The molecule has 1 saturated heterocycles. The lowest BCUT2D eigenvalue weighted by atomic mass is 10.1. The van der Waals surface area contributed by atoms with Crippen LogP contribution in [0.2, 0.25) is 0 Å². The van der Waals surface area contributed by atoms with E-state index in [1.165, 1.54) is 0 Å². The number of carboxylic acid groups (broad SMARTS) is 1. The number of carbonyl (C=O) groups excluding carboxylic acids is 1. The molecule has 102 valence electrons. The van der Waals surface area contributed by atoms with Gasteiger partial charge in [0.05, 0.1) is 11.5 Å². The Morgan fingerprint density at radius 3 is 2.53 bits per heavy atom. The number of hydrogen-bond donors (Lipinski definition) is 1. The number of nitrogens with zero attached hydrogens (tertiary/aromatic N) is 1. The smallest absolute Gasteiger partial charge is 0.308 e. The third-order valence-electron chi connectivity index (χ3n) is 3.05. The molecule has 1 aromatic carbocycles. The van der Waals surface area contributed by atoms with Gasteiger partial charge in [-0.05, 0) is 86.3 Å². The molecule has 4 nitrogen and oxygen atoms in total. The van der Waals surface area contributed by atoms with Crippen LogP contribution in [0.15, 0.2) is 12.1 Å². The third-order valence-corrected chi connectivity index (χ3v) is 6.72. The monoisotopic (exact) mass is 597 g/mol. The maximum absolute atomic E-state index is 12.5. The number of benzene rings is 1. The number of likely N-dealkylation sites (tertiary alicyclic amines) is 1. The zero-order valence-electron chi connectivity index (χ0n) is 9.70. The van der Waals surface area contributed by atoms with Crippen molar-refractivity contribution in [3.63, 3.8) is 0 Å². The molecule has 1 unspecified atom stereocenters. The van der Waals surface area contributed by atoms with Gasteiger partial charge in [0.1, 0.15) is 0 Å². The summed E-state index contributed by atoms with van der Waals surface area (Å²) in [6.07, 6.45) is 0.540. The van der Waals surface area contributed by atoms with Crippen molar-refractivity contribution in [2.75, 3.05) is 13.1 Å². The standard InChI is InChI=1S/C12H10I3NO3/c13-7-3-8(10(15)9(14)4-7)11(17)16-2-1-6(5-16)12(18)19/h3-4,6H,1-2,5H2,(H,18,19). The molecule has 1 heterocycles. The molecule has 1 aliphatic rings. The lowest BCUT2D eigenvalue weighted by molar-refractivity contribution is -0.141. The van der Waals surface area contributed by atoms with E-state index in [1.54, 1.807) is 4.90 Å². The fourth-order valence-corrected chi connectivity index (χ4v) is 4.42. The number of carbonyl (C=O) groups is 2.